The third-order valence-corrected chi connectivity index (χ3v) is 4.61. The molecule has 0 aliphatic carbocycles. The van der Waals surface area contributed by atoms with E-state index in [1.54, 1.807) is 6.33 Å². The van der Waals surface area contributed by atoms with Crippen LogP contribution in [-0.4, -0.2) is 40.5 Å². The maximum atomic E-state index is 7.84. The molecule has 1 heterocycles. The normalized spacial score (nSPS) is 10.5. The van der Waals surface area contributed by atoms with Gasteiger partial charge in [-0.05, 0) is 24.0 Å². The molecule has 0 radical (unpaired) electrons. The number of H-pyrrole nitrogens is 1. The molecule has 7 heteroatoms. The van der Waals surface area contributed by atoms with Crippen LogP contribution in [0.3, 0.4) is 0 Å². The van der Waals surface area contributed by atoms with E-state index in [0.29, 0.717) is 19.7 Å². The van der Waals surface area contributed by atoms with E-state index in [2.05, 4.69) is 34.2 Å². The summed E-state index contributed by atoms with van der Waals surface area (Å²) in [6, 6.07) is 20.4. The summed E-state index contributed by atoms with van der Waals surface area (Å²) in [5.41, 5.74) is 9.01. The Morgan fingerprint density at radius 3 is 2.17 bits per heavy atom. The molecule has 0 saturated heterocycles. The van der Waals surface area contributed by atoms with Crippen molar-refractivity contribution in [1.82, 2.24) is 14.9 Å². The second kappa shape index (κ2) is 12.2. The molecular weight excluding hydrogens is 477 g/mol. The van der Waals surface area contributed by atoms with Crippen LogP contribution in [0.1, 0.15) is 29.3 Å². The molecule has 29 heavy (non-hydrogen) atoms. The molecule has 1 aromatic heterocycles. The highest BCUT2D eigenvalue weighted by Gasteiger charge is 2.15. The summed E-state index contributed by atoms with van der Waals surface area (Å²) in [7, 11) is 0. The number of ether oxygens (including phenoxy) is 1. The highest BCUT2D eigenvalue weighted by molar-refractivity contribution is 14.0. The first kappa shape index (κ1) is 22.9. The molecule has 0 bridgehead atoms. The Kier molecular flexibility index (Phi) is 9.66. The van der Waals surface area contributed by atoms with Gasteiger partial charge in [-0.1, -0.05) is 60.7 Å². The lowest BCUT2D eigenvalue weighted by Gasteiger charge is -2.25. The topological polar surface area (TPSA) is 91.0 Å². The molecule has 0 fully saturated rings. The predicted molar refractivity (Wildman–Crippen MR) is 126 cm³/mol. The number of imidazole rings is 1. The zero-order chi connectivity index (χ0) is 19.6. The Morgan fingerprint density at radius 2 is 1.66 bits per heavy atom. The molecular formula is C22H28IN5O. The van der Waals surface area contributed by atoms with Crippen LogP contribution in [0.4, 0.5) is 0 Å². The van der Waals surface area contributed by atoms with Crippen LogP contribution < -0.4 is 5.73 Å². The number of nitrogens with one attached hydrogen (secondary N) is 2. The lowest BCUT2D eigenvalue weighted by Crippen LogP contribution is -2.39. The van der Waals surface area contributed by atoms with E-state index in [0.717, 1.165) is 29.7 Å². The van der Waals surface area contributed by atoms with E-state index in [1.165, 1.54) is 0 Å². The van der Waals surface area contributed by atoms with Gasteiger partial charge in [-0.3, -0.25) is 5.41 Å². The summed E-state index contributed by atoms with van der Waals surface area (Å²) in [4.78, 5) is 9.03. The van der Waals surface area contributed by atoms with Crippen molar-refractivity contribution in [3.63, 3.8) is 0 Å². The quantitative estimate of drug-likeness (QED) is 0.221. The Hall–Kier alpha value is -2.39. The molecule has 0 aliphatic heterocycles. The number of aromatic nitrogens is 2. The van der Waals surface area contributed by atoms with Gasteiger partial charge in [0, 0.05) is 19.3 Å². The first-order valence-electron chi connectivity index (χ1n) is 9.52. The van der Waals surface area contributed by atoms with Gasteiger partial charge in [0.2, 0.25) is 0 Å². The third kappa shape index (κ3) is 7.17. The number of rotatable bonds is 10. The fourth-order valence-electron chi connectivity index (χ4n) is 3.15. The fourth-order valence-corrected chi connectivity index (χ4v) is 3.15. The van der Waals surface area contributed by atoms with Gasteiger partial charge in [-0.25, -0.2) is 4.98 Å². The molecule has 0 unspecified atom stereocenters. The second-order valence-corrected chi connectivity index (χ2v) is 6.61. The Labute approximate surface area is 189 Å². The fraction of sp³-hybridized carbons (Fsp3) is 0.273. The lowest BCUT2D eigenvalue weighted by molar-refractivity contribution is 0.0704. The number of hydrogen-bond donors (Lipinski definition) is 3. The van der Waals surface area contributed by atoms with Gasteiger partial charge in [0.25, 0.3) is 0 Å². The van der Waals surface area contributed by atoms with Crippen LogP contribution in [0.5, 0.6) is 0 Å². The lowest BCUT2D eigenvalue weighted by atomic mass is 10.0. The summed E-state index contributed by atoms with van der Waals surface area (Å²) in [6.45, 7) is 1.76. The van der Waals surface area contributed by atoms with Crippen LogP contribution in [0.15, 0.2) is 73.2 Å². The van der Waals surface area contributed by atoms with E-state index in [1.807, 2.05) is 47.5 Å². The first-order chi connectivity index (χ1) is 13.7. The van der Waals surface area contributed by atoms with Gasteiger partial charge in [0.15, 0.2) is 5.96 Å². The van der Waals surface area contributed by atoms with Gasteiger partial charge in [-0.2, -0.15) is 0 Å². The van der Waals surface area contributed by atoms with Crippen molar-refractivity contribution in [3.05, 3.63) is 90.0 Å². The van der Waals surface area contributed by atoms with Crippen molar-refractivity contribution in [2.75, 3.05) is 19.7 Å². The van der Waals surface area contributed by atoms with Gasteiger partial charge in [0.1, 0.15) is 6.10 Å². The summed E-state index contributed by atoms with van der Waals surface area (Å²) in [5, 5.41) is 7.84. The van der Waals surface area contributed by atoms with Crippen LogP contribution in [0.2, 0.25) is 0 Å². The van der Waals surface area contributed by atoms with Crippen molar-refractivity contribution in [2.24, 2.45) is 5.73 Å². The second-order valence-electron chi connectivity index (χ2n) is 6.61. The third-order valence-electron chi connectivity index (χ3n) is 4.61. The monoisotopic (exact) mass is 505 g/mol. The van der Waals surface area contributed by atoms with Gasteiger partial charge in [0.05, 0.1) is 18.6 Å². The predicted octanol–water partition coefficient (Wildman–Crippen LogP) is 3.96. The zero-order valence-corrected chi connectivity index (χ0v) is 18.7. The number of guanidine groups is 1. The van der Waals surface area contributed by atoms with Crippen LogP contribution in [-0.2, 0) is 11.2 Å². The number of nitrogens with two attached hydrogens (primary N) is 1. The minimum atomic E-state index is -0.139. The molecule has 0 amide bonds. The van der Waals surface area contributed by atoms with Crippen LogP contribution in [0.25, 0.3) is 0 Å². The van der Waals surface area contributed by atoms with Gasteiger partial charge < -0.3 is 20.4 Å². The molecule has 6 nitrogen and oxygen atoms in total. The van der Waals surface area contributed by atoms with Crippen molar-refractivity contribution in [2.45, 2.75) is 18.9 Å². The summed E-state index contributed by atoms with van der Waals surface area (Å²) >= 11 is 0. The van der Waals surface area contributed by atoms with E-state index in [4.69, 9.17) is 15.9 Å². The molecule has 3 aromatic rings. The molecule has 0 aliphatic rings. The molecule has 2 aromatic carbocycles. The molecule has 3 rings (SSSR count). The summed E-state index contributed by atoms with van der Waals surface area (Å²) in [6.07, 6.45) is 5.17. The average Bonchev–Trinajstić information content (AvgIpc) is 3.24. The summed E-state index contributed by atoms with van der Waals surface area (Å²) in [5.74, 6) is 0.0709. The maximum Gasteiger partial charge on any atom is 0.188 e. The minimum Gasteiger partial charge on any atom is -0.370 e. The SMILES string of the molecule is I.N=C(N)N(CCCc1c[nH]cn1)CCOC(c1ccccc1)c1ccccc1. The zero-order valence-electron chi connectivity index (χ0n) is 16.3. The van der Waals surface area contributed by atoms with E-state index in [9.17, 15) is 0 Å². The van der Waals surface area contributed by atoms with E-state index >= 15 is 0 Å². The Morgan fingerprint density at radius 1 is 1.03 bits per heavy atom. The maximum absolute atomic E-state index is 7.84. The molecule has 0 saturated carbocycles. The largest absolute Gasteiger partial charge is 0.370 e. The van der Waals surface area contributed by atoms with E-state index < -0.39 is 0 Å². The van der Waals surface area contributed by atoms with E-state index in [-0.39, 0.29) is 36.0 Å². The number of hydrogen-bond acceptors (Lipinski definition) is 3. The minimum absolute atomic E-state index is 0. The van der Waals surface area contributed by atoms with Crippen molar-refractivity contribution >= 4 is 29.9 Å². The van der Waals surface area contributed by atoms with Crippen molar-refractivity contribution in [1.29, 1.82) is 5.41 Å². The van der Waals surface area contributed by atoms with Crippen LogP contribution >= 0.6 is 24.0 Å². The van der Waals surface area contributed by atoms with Crippen molar-refractivity contribution < 1.29 is 4.74 Å². The first-order valence-corrected chi connectivity index (χ1v) is 9.52. The molecule has 154 valence electrons. The standard InChI is InChI=1S/C22H27N5O.HI/c23-22(24)27(13-7-12-20-16-25-17-26-20)14-15-28-21(18-8-3-1-4-9-18)19-10-5-2-6-11-19;/h1-6,8-11,16-17,21H,7,12-15H2,(H3,23,24)(H,25,26);1H. The number of halogens is 1. The highest BCUT2D eigenvalue weighted by Crippen LogP contribution is 2.25. The number of aromatic amines is 1. The Balaban J connectivity index is 0.00000300. The number of benzene rings is 2. The smallest absolute Gasteiger partial charge is 0.188 e. The van der Waals surface area contributed by atoms with Crippen LogP contribution in [0, 0.1) is 5.41 Å². The molecule has 0 spiro atoms. The van der Waals surface area contributed by atoms with Crippen molar-refractivity contribution in [3.8, 4) is 0 Å². The number of aryl methyl sites for hydroxylation is 1. The molecule has 4 N–H and O–H groups in total. The number of nitrogens with zero attached hydrogens (tertiary/aromatic N) is 2. The van der Waals surface area contributed by atoms with Gasteiger partial charge >= 0.3 is 0 Å². The summed E-state index contributed by atoms with van der Waals surface area (Å²) < 4.78 is 6.24. The highest BCUT2D eigenvalue weighted by atomic mass is 127. The molecule has 0 atom stereocenters. The Bertz CT molecular complexity index is 787. The van der Waals surface area contributed by atoms with Gasteiger partial charge in [-0.15, -0.1) is 24.0 Å². The average molecular weight is 505 g/mol.